The summed E-state index contributed by atoms with van der Waals surface area (Å²) in [6.45, 7) is 1.35. The van der Waals surface area contributed by atoms with E-state index in [-0.39, 0.29) is 12.3 Å². The molecule has 0 aliphatic carbocycles. The van der Waals surface area contributed by atoms with Crippen LogP contribution in [0.5, 0.6) is 0 Å². The molecule has 0 aromatic heterocycles. The number of carbonyl (C=O) groups excluding carboxylic acids is 3. The molecule has 0 saturated heterocycles. The second-order valence-corrected chi connectivity index (χ2v) is 7.57. The van der Waals surface area contributed by atoms with Gasteiger partial charge in [-0.15, -0.1) is 11.8 Å². The van der Waals surface area contributed by atoms with Gasteiger partial charge < -0.3 is 15.4 Å². The molecule has 0 bridgehead atoms. The van der Waals surface area contributed by atoms with Crippen LogP contribution in [0, 0.1) is 6.92 Å². The zero-order valence-corrected chi connectivity index (χ0v) is 16.0. The van der Waals surface area contributed by atoms with Crippen molar-refractivity contribution in [2.24, 2.45) is 0 Å². The SMILES string of the molecule is Cc1c(Cl)cccc1NC(=O)COC(=O)C[C@@H]1Sc2ccccc2NC1=O. The molecule has 0 saturated carbocycles. The van der Waals surface area contributed by atoms with E-state index in [1.807, 2.05) is 18.2 Å². The zero-order chi connectivity index (χ0) is 19.4. The molecule has 0 spiro atoms. The van der Waals surface area contributed by atoms with E-state index in [9.17, 15) is 14.4 Å². The molecule has 8 heteroatoms. The molecule has 2 amide bonds. The first-order valence-electron chi connectivity index (χ1n) is 8.21. The topological polar surface area (TPSA) is 84.5 Å². The lowest BCUT2D eigenvalue weighted by atomic mass is 10.2. The third-order valence-electron chi connectivity index (χ3n) is 3.96. The second-order valence-electron chi connectivity index (χ2n) is 5.92. The standard InChI is InChI=1S/C19H17ClN2O4S/c1-11-12(20)5-4-7-13(11)21-17(23)10-26-18(24)9-16-19(25)22-14-6-2-3-8-15(14)27-16/h2-8,16H,9-10H2,1H3,(H,21,23)(H,22,25)/t16-/m0/s1. The van der Waals surface area contributed by atoms with Gasteiger partial charge in [0, 0.05) is 15.6 Å². The summed E-state index contributed by atoms with van der Waals surface area (Å²) in [5, 5.41) is 5.35. The highest BCUT2D eigenvalue weighted by atomic mass is 35.5. The van der Waals surface area contributed by atoms with Crippen molar-refractivity contribution in [1.29, 1.82) is 0 Å². The first kappa shape index (κ1) is 19.3. The summed E-state index contributed by atoms with van der Waals surface area (Å²) < 4.78 is 5.01. The lowest BCUT2D eigenvalue weighted by molar-refractivity contribution is -0.147. The second kappa shape index (κ2) is 8.45. The number of esters is 1. The maximum absolute atomic E-state index is 12.1. The number of para-hydroxylation sites is 1. The van der Waals surface area contributed by atoms with Crippen LogP contribution in [0.4, 0.5) is 11.4 Å². The van der Waals surface area contributed by atoms with Gasteiger partial charge in [0.05, 0.1) is 17.4 Å². The smallest absolute Gasteiger partial charge is 0.307 e. The summed E-state index contributed by atoms with van der Waals surface area (Å²) in [6.07, 6.45) is -0.117. The van der Waals surface area contributed by atoms with Crippen LogP contribution in [0.15, 0.2) is 47.4 Å². The number of fused-ring (bicyclic) bond motifs is 1. The Balaban J connectivity index is 1.50. The average Bonchev–Trinajstić information content (AvgIpc) is 2.64. The number of halogens is 1. The molecule has 0 fully saturated rings. The number of carbonyl (C=O) groups is 3. The quantitative estimate of drug-likeness (QED) is 0.743. The van der Waals surface area contributed by atoms with Crippen LogP contribution in [0.1, 0.15) is 12.0 Å². The molecule has 2 N–H and O–H groups in total. The predicted octanol–water partition coefficient (Wildman–Crippen LogP) is 3.63. The highest BCUT2D eigenvalue weighted by Crippen LogP contribution is 2.36. The Labute approximate surface area is 165 Å². The van der Waals surface area contributed by atoms with Gasteiger partial charge in [0.25, 0.3) is 5.91 Å². The third-order valence-corrected chi connectivity index (χ3v) is 5.65. The van der Waals surface area contributed by atoms with Crippen molar-refractivity contribution in [1.82, 2.24) is 0 Å². The first-order valence-corrected chi connectivity index (χ1v) is 9.47. The van der Waals surface area contributed by atoms with Gasteiger partial charge >= 0.3 is 5.97 Å². The van der Waals surface area contributed by atoms with E-state index in [4.69, 9.17) is 16.3 Å². The number of thioether (sulfide) groups is 1. The van der Waals surface area contributed by atoms with E-state index in [0.717, 1.165) is 16.1 Å². The van der Waals surface area contributed by atoms with Crippen LogP contribution in [0.3, 0.4) is 0 Å². The molecular weight excluding hydrogens is 388 g/mol. The van der Waals surface area contributed by atoms with E-state index in [1.165, 1.54) is 11.8 Å². The Hall–Kier alpha value is -2.51. The maximum Gasteiger partial charge on any atom is 0.307 e. The lowest BCUT2D eigenvalue weighted by Crippen LogP contribution is -2.32. The Morgan fingerprint density at radius 1 is 1.22 bits per heavy atom. The van der Waals surface area contributed by atoms with Crippen LogP contribution in [-0.4, -0.2) is 29.6 Å². The lowest BCUT2D eigenvalue weighted by Gasteiger charge is -2.23. The largest absolute Gasteiger partial charge is 0.456 e. The van der Waals surface area contributed by atoms with Gasteiger partial charge in [0.15, 0.2) is 6.61 Å². The number of amides is 2. The van der Waals surface area contributed by atoms with Crippen molar-refractivity contribution in [3.63, 3.8) is 0 Å². The van der Waals surface area contributed by atoms with Crippen molar-refractivity contribution >= 4 is 52.5 Å². The van der Waals surface area contributed by atoms with E-state index in [2.05, 4.69) is 10.6 Å². The van der Waals surface area contributed by atoms with E-state index >= 15 is 0 Å². The van der Waals surface area contributed by atoms with E-state index < -0.39 is 23.7 Å². The third kappa shape index (κ3) is 4.81. The average molecular weight is 405 g/mol. The van der Waals surface area contributed by atoms with Crippen molar-refractivity contribution in [2.45, 2.75) is 23.5 Å². The Bertz CT molecular complexity index is 903. The predicted molar refractivity (Wildman–Crippen MR) is 105 cm³/mol. The molecule has 2 aromatic rings. The number of benzene rings is 2. The minimum atomic E-state index is -0.611. The monoisotopic (exact) mass is 404 g/mol. The number of ether oxygens (including phenoxy) is 1. The van der Waals surface area contributed by atoms with Crippen molar-refractivity contribution in [3.05, 3.63) is 53.1 Å². The fourth-order valence-corrected chi connectivity index (χ4v) is 3.78. The van der Waals surface area contributed by atoms with Gasteiger partial charge in [-0.1, -0.05) is 29.8 Å². The Kier molecular flexibility index (Phi) is 6.03. The van der Waals surface area contributed by atoms with Crippen LogP contribution in [0.2, 0.25) is 5.02 Å². The number of nitrogens with one attached hydrogen (secondary N) is 2. The van der Waals surface area contributed by atoms with Gasteiger partial charge in [-0.25, -0.2) is 0 Å². The fraction of sp³-hybridized carbons (Fsp3) is 0.211. The first-order chi connectivity index (χ1) is 12.9. The molecule has 27 heavy (non-hydrogen) atoms. The molecule has 0 radical (unpaired) electrons. The minimum Gasteiger partial charge on any atom is -0.456 e. The number of hydrogen-bond donors (Lipinski definition) is 2. The van der Waals surface area contributed by atoms with Crippen molar-refractivity contribution in [2.75, 3.05) is 17.2 Å². The summed E-state index contributed by atoms with van der Waals surface area (Å²) in [5.74, 6) is -1.34. The summed E-state index contributed by atoms with van der Waals surface area (Å²) in [6, 6.07) is 12.5. The molecule has 2 aromatic carbocycles. The van der Waals surface area contributed by atoms with E-state index in [0.29, 0.717) is 10.7 Å². The van der Waals surface area contributed by atoms with Gasteiger partial charge in [-0.3, -0.25) is 14.4 Å². The van der Waals surface area contributed by atoms with Gasteiger partial charge in [-0.05, 0) is 36.8 Å². The van der Waals surface area contributed by atoms with E-state index in [1.54, 1.807) is 31.2 Å². The Morgan fingerprint density at radius 3 is 2.81 bits per heavy atom. The molecule has 0 unspecified atom stereocenters. The van der Waals surface area contributed by atoms with Crippen LogP contribution in [0.25, 0.3) is 0 Å². The van der Waals surface area contributed by atoms with Crippen LogP contribution < -0.4 is 10.6 Å². The highest BCUT2D eigenvalue weighted by molar-refractivity contribution is 8.01. The minimum absolute atomic E-state index is 0.117. The van der Waals surface area contributed by atoms with Gasteiger partial charge in [0.1, 0.15) is 0 Å². The summed E-state index contributed by atoms with van der Waals surface area (Å²) in [4.78, 5) is 37.0. The van der Waals surface area contributed by atoms with Crippen LogP contribution in [-0.2, 0) is 19.1 Å². The van der Waals surface area contributed by atoms with Gasteiger partial charge in [-0.2, -0.15) is 0 Å². The number of hydrogen-bond acceptors (Lipinski definition) is 5. The molecule has 1 heterocycles. The molecule has 1 atom stereocenters. The zero-order valence-electron chi connectivity index (χ0n) is 14.5. The fourth-order valence-electron chi connectivity index (χ4n) is 2.51. The van der Waals surface area contributed by atoms with Crippen molar-refractivity contribution in [3.8, 4) is 0 Å². The molecule has 140 valence electrons. The summed E-state index contributed by atoms with van der Waals surface area (Å²) in [5.41, 5.74) is 2.02. The molecule has 3 rings (SSSR count). The molecule has 6 nitrogen and oxygen atoms in total. The molecular formula is C19H17ClN2O4S. The van der Waals surface area contributed by atoms with Crippen molar-refractivity contribution < 1.29 is 19.1 Å². The molecule has 1 aliphatic heterocycles. The molecule has 1 aliphatic rings. The van der Waals surface area contributed by atoms with Gasteiger partial charge in [0.2, 0.25) is 5.91 Å². The number of anilines is 2. The summed E-state index contributed by atoms with van der Waals surface area (Å²) >= 11 is 7.31. The number of rotatable bonds is 5. The highest BCUT2D eigenvalue weighted by Gasteiger charge is 2.29. The maximum atomic E-state index is 12.1. The Morgan fingerprint density at radius 2 is 2.00 bits per heavy atom. The summed E-state index contributed by atoms with van der Waals surface area (Å²) in [7, 11) is 0. The normalized spacial score (nSPS) is 15.5. The van der Waals surface area contributed by atoms with Crippen LogP contribution >= 0.6 is 23.4 Å².